The summed E-state index contributed by atoms with van der Waals surface area (Å²) in [5.74, 6) is 0. The molecule has 0 N–H and O–H groups in total. The standard InChI is InChI=1S/C18H28N2O/c1-3-9-18(2,16-21)15-20-12-10-19(11-13-20)14-17-7-5-4-6-8-17/h4-8,16H,3,9-15H2,1-2H3. The van der Waals surface area contributed by atoms with E-state index in [0.717, 1.165) is 58.4 Å². The first-order valence-electron chi connectivity index (χ1n) is 8.10. The minimum Gasteiger partial charge on any atom is -0.303 e. The normalized spacial score (nSPS) is 20.1. The van der Waals surface area contributed by atoms with E-state index in [9.17, 15) is 4.79 Å². The molecule has 0 aliphatic carbocycles. The van der Waals surface area contributed by atoms with Crippen molar-refractivity contribution < 1.29 is 4.79 Å². The van der Waals surface area contributed by atoms with Crippen molar-refractivity contribution in [3.05, 3.63) is 35.9 Å². The molecule has 1 saturated heterocycles. The SMILES string of the molecule is CCCC(C)(C=O)CN1CCN(Cc2ccccc2)CC1. The summed E-state index contributed by atoms with van der Waals surface area (Å²) in [6.07, 6.45) is 3.22. The molecule has 0 spiro atoms. The molecular weight excluding hydrogens is 260 g/mol. The molecule has 2 rings (SSSR count). The Balaban J connectivity index is 1.79. The van der Waals surface area contributed by atoms with Crippen molar-refractivity contribution in [3.63, 3.8) is 0 Å². The van der Waals surface area contributed by atoms with Crippen LogP contribution in [0.3, 0.4) is 0 Å². The predicted octanol–water partition coefficient (Wildman–Crippen LogP) is 2.81. The first-order valence-corrected chi connectivity index (χ1v) is 8.10. The zero-order chi connectivity index (χ0) is 15.1. The third-order valence-corrected chi connectivity index (χ3v) is 4.40. The van der Waals surface area contributed by atoms with Crippen molar-refractivity contribution in [2.24, 2.45) is 5.41 Å². The molecule has 0 amide bonds. The molecule has 3 heteroatoms. The first-order chi connectivity index (χ1) is 10.1. The van der Waals surface area contributed by atoms with Crippen LogP contribution >= 0.6 is 0 Å². The number of aldehydes is 1. The number of hydrogen-bond acceptors (Lipinski definition) is 3. The molecule has 0 bridgehead atoms. The monoisotopic (exact) mass is 288 g/mol. The van der Waals surface area contributed by atoms with Gasteiger partial charge in [0.1, 0.15) is 6.29 Å². The zero-order valence-corrected chi connectivity index (χ0v) is 13.4. The number of nitrogens with zero attached hydrogens (tertiary/aromatic N) is 2. The lowest BCUT2D eigenvalue weighted by Gasteiger charge is -2.38. The molecule has 1 aromatic rings. The van der Waals surface area contributed by atoms with Gasteiger partial charge in [-0.25, -0.2) is 0 Å². The number of benzene rings is 1. The highest BCUT2D eigenvalue weighted by Crippen LogP contribution is 2.22. The largest absolute Gasteiger partial charge is 0.303 e. The fraction of sp³-hybridized carbons (Fsp3) is 0.611. The zero-order valence-electron chi connectivity index (χ0n) is 13.4. The molecule has 116 valence electrons. The van der Waals surface area contributed by atoms with Crippen molar-refractivity contribution in [1.29, 1.82) is 0 Å². The van der Waals surface area contributed by atoms with Crippen molar-refractivity contribution in [1.82, 2.24) is 9.80 Å². The van der Waals surface area contributed by atoms with Gasteiger partial charge >= 0.3 is 0 Å². The summed E-state index contributed by atoms with van der Waals surface area (Å²) in [5, 5.41) is 0. The van der Waals surface area contributed by atoms with Crippen LogP contribution in [0, 0.1) is 5.41 Å². The number of hydrogen-bond donors (Lipinski definition) is 0. The molecule has 1 aromatic carbocycles. The lowest BCUT2D eigenvalue weighted by atomic mass is 9.86. The number of piperazine rings is 1. The number of carbonyl (C=O) groups is 1. The fourth-order valence-corrected chi connectivity index (χ4v) is 3.20. The molecular formula is C18H28N2O. The van der Waals surface area contributed by atoms with Crippen LogP contribution in [0.15, 0.2) is 30.3 Å². The van der Waals surface area contributed by atoms with Crippen LogP contribution in [0.1, 0.15) is 32.3 Å². The van der Waals surface area contributed by atoms with E-state index in [0.29, 0.717) is 0 Å². The van der Waals surface area contributed by atoms with Gasteiger partial charge in [-0.15, -0.1) is 0 Å². The van der Waals surface area contributed by atoms with Gasteiger partial charge in [-0.05, 0) is 12.0 Å². The van der Waals surface area contributed by atoms with Crippen molar-refractivity contribution in [2.45, 2.75) is 33.2 Å². The van der Waals surface area contributed by atoms with Crippen molar-refractivity contribution in [2.75, 3.05) is 32.7 Å². The van der Waals surface area contributed by atoms with Gasteiger partial charge in [0.2, 0.25) is 0 Å². The van der Waals surface area contributed by atoms with Crippen LogP contribution in [0.5, 0.6) is 0 Å². The third-order valence-electron chi connectivity index (χ3n) is 4.40. The average Bonchev–Trinajstić information content (AvgIpc) is 2.51. The van der Waals surface area contributed by atoms with Gasteiger partial charge in [0.25, 0.3) is 0 Å². The molecule has 0 radical (unpaired) electrons. The molecule has 0 aromatic heterocycles. The highest BCUT2D eigenvalue weighted by Gasteiger charge is 2.27. The summed E-state index contributed by atoms with van der Waals surface area (Å²) >= 11 is 0. The second kappa shape index (κ2) is 7.71. The van der Waals surface area contributed by atoms with Crippen molar-refractivity contribution in [3.8, 4) is 0 Å². The van der Waals surface area contributed by atoms with Gasteiger partial charge in [-0.2, -0.15) is 0 Å². The molecule has 1 unspecified atom stereocenters. The van der Waals surface area contributed by atoms with E-state index in [1.807, 2.05) is 0 Å². The second-order valence-corrected chi connectivity index (χ2v) is 6.56. The Morgan fingerprint density at radius 2 is 1.71 bits per heavy atom. The predicted molar refractivity (Wildman–Crippen MR) is 87.2 cm³/mol. The van der Waals surface area contributed by atoms with Crippen LogP contribution in [0.2, 0.25) is 0 Å². The van der Waals surface area contributed by atoms with E-state index >= 15 is 0 Å². The van der Waals surface area contributed by atoms with Crippen LogP contribution in [-0.2, 0) is 11.3 Å². The van der Waals surface area contributed by atoms with Gasteiger partial charge in [-0.1, -0.05) is 50.6 Å². The van der Waals surface area contributed by atoms with Crippen LogP contribution < -0.4 is 0 Å². The number of carbonyl (C=O) groups excluding carboxylic acids is 1. The molecule has 1 atom stereocenters. The summed E-state index contributed by atoms with van der Waals surface area (Å²) < 4.78 is 0. The molecule has 0 saturated carbocycles. The minimum atomic E-state index is -0.170. The van der Waals surface area contributed by atoms with E-state index in [1.165, 1.54) is 5.56 Å². The van der Waals surface area contributed by atoms with Gasteiger partial charge in [-0.3, -0.25) is 9.80 Å². The average molecular weight is 288 g/mol. The Morgan fingerprint density at radius 3 is 2.29 bits per heavy atom. The molecule has 21 heavy (non-hydrogen) atoms. The Morgan fingerprint density at radius 1 is 1.10 bits per heavy atom. The molecule has 1 aliphatic rings. The van der Waals surface area contributed by atoms with E-state index in [2.05, 4.69) is 54.0 Å². The maximum Gasteiger partial charge on any atom is 0.127 e. The maximum absolute atomic E-state index is 11.4. The highest BCUT2D eigenvalue weighted by atomic mass is 16.1. The summed E-state index contributed by atoms with van der Waals surface area (Å²) in [5.41, 5.74) is 1.21. The van der Waals surface area contributed by atoms with Crippen LogP contribution in [-0.4, -0.2) is 48.8 Å². The van der Waals surface area contributed by atoms with Gasteiger partial charge in [0.15, 0.2) is 0 Å². The molecule has 1 fully saturated rings. The van der Waals surface area contributed by atoms with E-state index in [1.54, 1.807) is 0 Å². The van der Waals surface area contributed by atoms with E-state index in [-0.39, 0.29) is 5.41 Å². The summed E-state index contributed by atoms with van der Waals surface area (Å²) in [6.45, 7) is 10.5. The number of rotatable bonds is 7. The molecule has 1 aliphatic heterocycles. The Bertz CT molecular complexity index is 426. The fourth-order valence-electron chi connectivity index (χ4n) is 3.20. The van der Waals surface area contributed by atoms with E-state index < -0.39 is 0 Å². The first kappa shape index (κ1) is 16.2. The quantitative estimate of drug-likeness (QED) is 0.721. The lowest BCUT2D eigenvalue weighted by molar-refractivity contribution is -0.117. The topological polar surface area (TPSA) is 23.6 Å². The van der Waals surface area contributed by atoms with Crippen LogP contribution in [0.25, 0.3) is 0 Å². The summed E-state index contributed by atoms with van der Waals surface area (Å²) in [7, 11) is 0. The van der Waals surface area contributed by atoms with Gasteiger partial charge in [0.05, 0.1) is 0 Å². The van der Waals surface area contributed by atoms with Crippen molar-refractivity contribution >= 4 is 6.29 Å². The van der Waals surface area contributed by atoms with Gasteiger partial charge in [0, 0.05) is 44.7 Å². The second-order valence-electron chi connectivity index (χ2n) is 6.56. The smallest absolute Gasteiger partial charge is 0.127 e. The molecule has 1 heterocycles. The summed E-state index contributed by atoms with van der Waals surface area (Å²) in [4.78, 5) is 16.3. The summed E-state index contributed by atoms with van der Waals surface area (Å²) in [6, 6.07) is 10.7. The highest BCUT2D eigenvalue weighted by molar-refractivity contribution is 5.59. The lowest BCUT2D eigenvalue weighted by Crippen LogP contribution is -2.49. The Kier molecular flexibility index (Phi) is 5.95. The van der Waals surface area contributed by atoms with Crippen LogP contribution in [0.4, 0.5) is 0 Å². The third kappa shape index (κ3) is 4.94. The Labute approximate surface area is 128 Å². The maximum atomic E-state index is 11.4. The Hall–Kier alpha value is -1.19. The van der Waals surface area contributed by atoms with E-state index in [4.69, 9.17) is 0 Å². The molecule has 3 nitrogen and oxygen atoms in total. The van der Waals surface area contributed by atoms with Gasteiger partial charge < -0.3 is 4.79 Å². The minimum absolute atomic E-state index is 0.170.